The predicted molar refractivity (Wildman–Crippen MR) is 139 cm³/mol. The lowest BCUT2D eigenvalue weighted by atomic mass is 9.80. The molecule has 0 bridgehead atoms. The van der Waals surface area contributed by atoms with Crippen LogP contribution < -0.4 is 15.0 Å². The molecule has 1 N–H and O–H groups in total. The summed E-state index contributed by atoms with van der Waals surface area (Å²) in [7, 11) is 1.75. The number of carbonyl (C=O) groups excluding carboxylic acids is 1. The summed E-state index contributed by atoms with van der Waals surface area (Å²) in [6.45, 7) is 5.73. The number of aryl methyl sites for hydroxylation is 2. The first-order chi connectivity index (χ1) is 16.6. The van der Waals surface area contributed by atoms with Crippen LogP contribution in [0.25, 0.3) is 0 Å². The number of Topliss-reactive ketones (excluding diaryl/α,β-unsaturated/α-hetero) is 1. The second-order valence-corrected chi connectivity index (χ2v) is 10.3. The second kappa shape index (κ2) is 10.4. The van der Waals surface area contributed by atoms with E-state index in [4.69, 9.17) is 4.74 Å². The van der Waals surface area contributed by atoms with E-state index in [-0.39, 0.29) is 18.0 Å². The van der Waals surface area contributed by atoms with E-state index in [0.717, 1.165) is 63.3 Å². The lowest BCUT2D eigenvalue weighted by molar-refractivity contribution is -0.130. The summed E-state index contributed by atoms with van der Waals surface area (Å²) in [6.07, 6.45) is 7.88. The van der Waals surface area contributed by atoms with Gasteiger partial charge in [0.25, 0.3) is 0 Å². The number of ketones is 1. The molecule has 2 fully saturated rings. The van der Waals surface area contributed by atoms with Crippen LogP contribution in [0.2, 0.25) is 0 Å². The molecule has 0 spiro atoms. The van der Waals surface area contributed by atoms with Gasteiger partial charge in [0.2, 0.25) is 0 Å². The predicted octanol–water partition coefficient (Wildman–Crippen LogP) is 5.07. The molecule has 2 aromatic carbocycles. The molecule has 182 valence electrons. The van der Waals surface area contributed by atoms with Crippen molar-refractivity contribution >= 4 is 17.2 Å². The maximum atomic E-state index is 14.0. The molecule has 34 heavy (non-hydrogen) atoms. The average Bonchev–Trinajstić information content (AvgIpc) is 2.89. The summed E-state index contributed by atoms with van der Waals surface area (Å²) in [5, 5.41) is 3.79. The van der Waals surface area contributed by atoms with Gasteiger partial charge in [0, 0.05) is 43.8 Å². The van der Waals surface area contributed by atoms with Gasteiger partial charge in [-0.05, 0) is 61.9 Å². The average molecular weight is 462 g/mol. The molecule has 0 aromatic heterocycles. The molecular weight excluding hydrogens is 422 g/mol. The standard InChI is InChI=1S/C29H39N3O2/c1-21-12-15-26(27(20-21)34-2)31-16-18-32(19-17-31)28(29(33)23-9-4-3-5-10-23)25-14-13-22-8-6-7-11-24(22)30-25/h6-8,11-12,15,20,23,25,28,30H,3-5,9-10,13-14,16-19H2,1-2H3. The largest absolute Gasteiger partial charge is 0.495 e. The number of para-hydroxylation sites is 1. The smallest absolute Gasteiger partial charge is 0.155 e. The third kappa shape index (κ3) is 4.81. The van der Waals surface area contributed by atoms with E-state index in [1.165, 1.54) is 36.1 Å². The Bertz CT molecular complexity index is 993. The van der Waals surface area contributed by atoms with Gasteiger partial charge in [-0.2, -0.15) is 0 Å². The van der Waals surface area contributed by atoms with Gasteiger partial charge in [0.1, 0.15) is 5.75 Å². The van der Waals surface area contributed by atoms with Gasteiger partial charge in [-0.1, -0.05) is 43.5 Å². The Labute approximate surface area is 204 Å². The van der Waals surface area contributed by atoms with Crippen molar-refractivity contribution < 1.29 is 9.53 Å². The molecule has 0 radical (unpaired) electrons. The SMILES string of the molecule is COc1cc(C)ccc1N1CCN(C(C(=O)C2CCCCC2)C2CCc3ccccc3N2)CC1. The van der Waals surface area contributed by atoms with E-state index in [2.05, 4.69) is 64.5 Å². The van der Waals surface area contributed by atoms with Crippen molar-refractivity contribution in [1.29, 1.82) is 0 Å². The topological polar surface area (TPSA) is 44.8 Å². The van der Waals surface area contributed by atoms with Crippen LogP contribution in [0.3, 0.4) is 0 Å². The van der Waals surface area contributed by atoms with Crippen LogP contribution in [-0.4, -0.2) is 56.1 Å². The van der Waals surface area contributed by atoms with Gasteiger partial charge in [-0.25, -0.2) is 0 Å². The fourth-order valence-corrected chi connectivity index (χ4v) is 6.25. The van der Waals surface area contributed by atoms with Gasteiger partial charge >= 0.3 is 0 Å². The Morgan fingerprint density at radius 1 is 1.00 bits per heavy atom. The van der Waals surface area contributed by atoms with Gasteiger partial charge in [-0.3, -0.25) is 9.69 Å². The number of ether oxygens (including phenoxy) is 1. The Morgan fingerprint density at radius 3 is 2.53 bits per heavy atom. The molecule has 2 heterocycles. The summed E-state index contributed by atoms with van der Waals surface area (Å²) in [5.74, 6) is 1.65. The highest BCUT2D eigenvalue weighted by Gasteiger charge is 2.40. The van der Waals surface area contributed by atoms with E-state index in [1.54, 1.807) is 7.11 Å². The number of nitrogens with zero attached hydrogens (tertiary/aromatic N) is 2. The molecular formula is C29H39N3O2. The van der Waals surface area contributed by atoms with Crippen molar-refractivity contribution in [3.8, 4) is 5.75 Å². The number of hydrogen-bond donors (Lipinski definition) is 1. The Hall–Kier alpha value is -2.53. The number of methoxy groups -OCH3 is 1. The monoisotopic (exact) mass is 461 g/mol. The summed E-state index contributed by atoms with van der Waals surface area (Å²) in [4.78, 5) is 18.9. The van der Waals surface area contributed by atoms with Crippen LogP contribution in [0.4, 0.5) is 11.4 Å². The van der Waals surface area contributed by atoms with Gasteiger partial charge in [0.15, 0.2) is 5.78 Å². The minimum Gasteiger partial charge on any atom is -0.495 e. The van der Waals surface area contributed by atoms with E-state index in [1.807, 2.05) is 0 Å². The number of nitrogens with one attached hydrogen (secondary N) is 1. The van der Waals surface area contributed by atoms with Gasteiger partial charge in [-0.15, -0.1) is 0 Å². The molecule has 5 rings (SSSR count). The number of piperazine rings is 1. The molecule has 2 aromatic rings. The zero-order chi connectivity index (χ0) is 23.5. The quantitative estimate of drug-likeness (QED) is 0.651. The van der Waals surface area contributed by atoms with Gasteiger partial charge < -0.3 is 15.0 Å². The zero-order valence-corrected chi connectivity index (χ0v) is 20.8. The summed E-state index contributed by atoms with van der Waals surface area (Å²) >= 11 is 0. The Morgan fingerprint density at radius 2 is 1.76 bits per heavy atom. The lowest BCUT2D eigenvalue weighted by Crippen LogP contribution is -2.60. The maximum absolute atomic E-state index is 14.0. The van der Waals surface area contributed by atoms with Crippen molar-refractivity contribution in [3.05, 3.63) is 53.6 Å². The number of carbonyl (C=O) groups is 1. The first-order valence-corrected chi connectivity index (χ1v) is 13.2. The number of rotatable bonds is 6. The third-order valence-corrected chi connectivity index (χ3v) is 8.15. The molecule has 1 aliphatic carbocycles. The number of benzene rings is 2. The zero-order valence-electron chi connectivity index (χ0n) is 20.8. The molecule has 5 nitrogen and oxygen atoms in total. The molecule has 1 saturated carbocycles. The Balaban J connectivity index is 1.34. The van der Waals surface area contributed by atoms with Crippen molar-refractivity contribution in [1.82, 2.24) is 4.90 Å². The number of anilines is 2. The van der Waals surface area contributed by atoms with Crippen molar-refractivity contribution in [3.63, 3.8) is 0 Å². The van der Waals surface area contributed by atoms with Crippen molar-refractivity contribution in [2.75, 3.05) is 43.5 Å². The Kier molecular flexibility index (Phi) is 7.10. The minimum atomic E-state index is -0.0430. The first kappa shape index (κ1) is 23.2. The fraction of sp³-hybridized carbons (Fsp3) is 0.552. The van der Waals surface area contributed by atoms with E-state index < -0.39 is 0 Å². The fourth-order valence-electron chi connectivity index (χ4n) is 6.25. The summed E-state index contributed by atoms with van der Waals surface area (Å²) in [5.41, 5.74) is 4.95. The number of fused-ring (bicyclic) bond motifs is 1. The highest BCUT2D eigenvalue weighted by Crippen LogP contribution is 2.34. The van der Waals surface area contributed by atoms with Crippen LogP contribution in [0.5, 0.6) is 5.75 Å². The molecule has 2 aliphatic heterocycles. The van der Waals surface area contributed by atoms with Crippen LogP contribution in [-0.2, 0) is 11.2 Å². The van der Waals surface area contributed by atoms with E-state index in [9.17, 15) is 4.79 Å². The highest BCUT2D eigenvalue weighted by molar-refractivity contribution is 5.88. The minimum absolute atomic E-state index is 0.0430. The van der Waals surface area contributed by atoms with Crippen molar-refractivity contribution in [2.45, 2.75) is 64.0 Å². The summed E-state index contributed by atoms with van der Waals surface area (Å²) < 4.78 is 5.68. The normalized spacial score (nSPS) is 22.5. The molecule has 0 amide bonds. The molecule has 3 aliphatic rings. The highest BCUT2D eigenvalue weighted by atomic mass is 16.5. The van der Waals surface area contributed by atoms with Crippen LogP contribution >= 0.6 is 0 Å². The third-order valence-electron chi connectivity index (χ3n) is 8.15. The van der Waals surface area contributed by atoms with E-state index in [0.29, 0.717) is 5.78 Å². The molecule has 2 unspecified atom stereocenters. The van der Waals surface area contributed by atoms with Gasteiger partial charge in [0.05, 0.1) is 18.8 Å². The molecule has 1 saturated heterocycles. The molecule has 2 atom stereocenters. The maximum Gasteiger partial charge on any atom is 0.155 e. The van der Waals surface area contributed by atoms with Crippen LogP contribution in [0, 0.1) is 12.8 Å². The second-order valence-electron chi connectivity index (χ2n) is 10.3. The lowest BCUT2D eigenvalue weighted by Gasteiger charge is -2.45. The van der Waals surface area contributed by atoms with Crippen LogP contribution in [0.15, 0.2) is 42.5 Å². The summed E-state index contributed by atoms with van der Waals surface area (Å²) in [6, 6.07) is 15.2. The van der Waals surface area contributed by atoms with Crippen molar-refractivity contribution in [2.24, 2.45) is 5.92 Å². The first-order valence-electron chi connectivity index (χ1n) is 13.2. The van der Waals surface area contributed by atoms with Crippen LogP contribution in [0.1, 0.15) is 49.7 Å². The molecule has 5 heteroatoms. The van der Waals surface area contributed by atoms with E-state index >= 15 is 0 Å². The number of hydrogen-bond acceptors (Lipinski definition) is 5.